The van der Waals surface area contributed by atoms with E-state index >= 15 is 0 Å². The maximum absolute atomic E-state index is 12.1. The summed E-state index contributed by atoms with van der Waals surface area (Å²) in [5.41, 5.74) is 1.32. The molecule has 2 rings (SSSR count). The summed E-state index contributed by atoms with van der Waals surface area (Å²) in [5, 5.41) is 2.53. The third-order valence-corrected chi connectivity index (χ3v) is 5.91. The summed E-state index contributed by atoms with van der Waals surface area (Å²) in [5.74, 6) is -1.04. The van der Waals surface area contributed by atoms with Gasteiger partial charge in [-0.25, -0.2) is 12.7 Å². The van der Waals surface area contributed by atoms with E-state index in [9.17, 15) is 18.0 Å². The van der Waals surface area contributed by atoms with E-state index in [-0.39, 0.29) is 17.2 Å². The molecule has 0 unspecified atom stereocenters. The number of carbonyl (C=O) groups excluding carboxylic acids is 2. The zero-order valence-corrected chi connectivity index (χ0v) is 16.9. The lowest BCUT2D eigenvalue weighted by Crippen LogP contribution is -2.23. The molecule has 0 fully saturated rings. The Labute approximate surface area is 165 Å². The van der Waals surface area contributed by atoms with Crippen molar-refractivity contribution in [1.29, 1.82) is 0 Å². The molecule has 0 saturated heterocycles. The summed E-state index contributed by atoms with van der Waals surface area (Å²) < 4.78 is 30.4. The van der Waals surface area contributed by atoms with Crippen molar-refractivity contribution >= 4 is 27.6 Å². The van der Waals surface area contributed by atoms with Gasteiger partial charge in [-0.2, -0.15) is 0 Å². The second-order valence-electron chi connectivity index (χ2n) is 6.54. The first-order chi connectivity index (χ1) is 13.2. The van der Waals surface area contributed by atoms with Crippen molar-refractivity contribution in [1.82, 2.24) is 4.31 Å². The molecule has 2 aromatic carbocycles. The summed E-state index contributed by atoms with van der Waals surface area (Å²) in [4.78, 5) is 24.0. The molecule has 28 heavy (non-hydrogen) atoms. The monoisotopic (exact) mass is 404 g/mol. The number of nitrogens with zero attached hydrogens (tertiary/aromatic N) is 1. The minimum atomic E-state index is -3.60. The van der Waals surface area contributed by atoms with Crippen LogP contribution in [0.3, 0.4) is 0 Å². The van der Waals surface area contributed by atoms with Crippen LogP contribution in [0.25, 0.3) is 0 Å². The van der Waals surface area contributed by atoms with Crippen LogP contribution in [0.1, 0.15) is 24.8 Å². The SMILES string of the molecule is C[C@H](CC(=O)OCC(=O)Nc1cccc(S(=O)(=O)N(C)C)c1)c1ccccc1. The minimum absolute atomic E-state index is 0.0234. The predicted molar refractivity (Wildman–Crippen MR) is 106 cm³/mol. The van der Waals surface area contributed by atoms with Crippen LogP contribution < -0.4 is 5.32 Å². The van der Waals surface area contributed by atoms with Crippen LogP contribution >= 0.6 is 0 Å². The number of sulfonamides is 1. The summed E-state index contributed by atoms with van der Waals surface area (Å²) in [6.45, 7) is 1.47. The van der Waals surface area contributed by atoms with Crippen molar-refractivity contribution in [3.63, 3.8) is 0 Å². The average molecular weight is 404 g/mol. The van der Waals surface area contributed by atoms with Crippen molar-refractivity contribution in [3.8, 4) is 0 Å². The van der Waals surface area contributed by atoms with Crippen LogP contribution in [-0.4, -0.2) is 45.3 Å². The second-order valence-corrected chi connectivity index (χ2v) is 8.69. The molecular weight excluding hydrogens is 380 g/mol. The molecule has 0 bridgehead atoms. The van der Waals surface area contributed by atoms with Crippen LogP contribution in [0.2, 0.25) is 0 Å². The third-order valence-electron chi connectivity index (χ3n) is 4.10. The molecule has 0 radical (unpaired) electrons. The van der Waals surface area contributed by atoms with Crippen molar-refractivity contribution in [3.05, 3.63) is 60.2 Å². The van der Waals surface area contributed by atoms with Gasteiger partial charge in [0.25, 0.3) is 5.91 Å². The summed E-state index contributed by atoms with van der Waals surface area (Å²) >= 11 is 0. The number of rotatable bonds is 8. The molecule has 0 aromatic heterocycles. The Balaban J connectivity index is 1.88. The number of esters is 1. The lowest BCUT2D eigenvalue weighted by Gasteiger charge is -2.13. The van der Waals surface area contributed by atoms with E-state index in [0.717, 1.165) is 9.87 Å². The number of nitrogens with one attached hydrogen (secondary N) is 1. The summed E-state index contributed by atoms with van der Waals surface area (Å²) in [6, 6.07) is 15.4. The van der Waals surface area contributed by atoms with Gasteiger partial charge in [-0.05, 0) is 29.7 Å². The van der Waals surface area contributed by atoms with Crippen LogP contribution in [0.5, 0.6) is 0 Å². The molecule has 0 heterocycles. The van der Waals surface area contributed by atoms with Crippen molar-refractivity contribution in [2.75, 3.05) is 26.0 Å². The number of anilines is 1. The second kappa shape index (κ2) is 9.48. The van der Waals surface area contributed by atoms with E-state index in [0.29, 0.717) is 5.69 Å². The number of ether oxygens (including phenoxy) is 1. The first kappa shape index (κ1) is 21.6. The van der Waals surface area contributed by atoms with Crippen molar-refractivity contribution in [2.45, 2.75) is 24.2 Å². The van der Waals surface area contributed by atoms with Crippen molar-refractivity contribution in [2.24, 2.45) is 0 Å². The Bertz CT molecular complexity index is 927. The maximum Gasteiger partial charge on any atom is 0.306 e. The van der Waals surface area contributed by atoms with Crippen LogP contribution in [-0.2, 0) is 24.3 Å². The van der Waals surface area contributed by atoms with E-state index in [1.807, 2.05) is 37.3 Å². The van der Waals surface area contributed by atoms with Gasteiger partial charge in [-0.1, -0.05) is 43.3 Å². The number of benzene rings is 2. The average Bonchev–Trinajstić information content (AvgIpc) is 2.67. The van der Waals surface area contributed by atoms with Gasteiger partial charge >= 0.3 is 5.97 Å². The minimum Gasteiger partial charge on any atom is -0.456 e. The van der Waals surface area contributed by atoms with E-state index in [1.165, 1.54) is 32.3 Å². The van der Waals surface area contributed by atoms with Crippen LogP contribution in [0.15, 0.2) is 59.5 Å². The van der Waals surface area contributed by atoms with Gasteiger partial charge in [0, 0.05) is 19.8 Å². The highest BCUT2D eigenvalue weighted by atomic mass is 32.2. The molecule has 2 aromatic rings. The smallest absolute Gasteiger partial charge is 0.306 e. The lowest BCUT2D eigenvalue weighted by atomic mass is 9.98. The maximum atomic E-state index is 12.1. The Morgan fingerprint density at radius 3 is 2.39 bits per heavy atom. The fourth-order valence-corrected chi connectivity index (χ4v) is 3.44. The molecule has 0 aliphatic carbocycles. The van der Waals surface area contributed by atoms with Crippen LogP contribution in [0, 0.1) is 0 Å². The molecular formula is C20H24N2O5S. The normalized spacial score (nSPS) is 12.4. The molecule has 1 atom stereocenters. The van der Waals surface area contributed by atoms with Gasteiger partial charge in [-0.15, -0.1) is 0 Å². The molecule has 150 valence electrons. The standard InChI is InChI=1S/C20H24N2O5S/c1-15(16-8-5-4-6-9-16)12-20(24)27-14-19(23)21-17-10-7-11-18(13-17)28(25,26)22(2)3/h4-11,13,15H,12,14H2,1-3H3,(H,21,23)/t15-/m1/s1. The van der Waals surface area contributed by atoms with E-state index in [2.05, 4.69) is 5.32 Å². The molecule has 7 nitrogen and oxygen atoms in total. The molecule has 1 N–H and O–H groups in total. The van der Waals surface area contributed by atoms with Crippen LogP contribution in [0.4, 0.5) is 5.69 Å². The van der Waals surface area contributed by atoms with E-state index in [4.69, 9.17) is 4.74 Å². The molecule has 1 amide bonds. The van der Waals surface area contributed by atoms with Gasteiger partial charge in [0.2, 0.25) is 10.0 Å². The van der Waals surface area contributed by atoms with E-state index < -0.39 is 28.5 Å². The highest BCUT2D eigenvalue weighted by molar-refractivity contribution is 7.89. The number of hydrogen-bond acceptors (Lipinski definition) is 5. The Hall–Kier alpha value is -2.71. The third kappa shape index (κ3) is 5.90. The molecule has 0 saturated carbocycles. The van der Waals surface area contributed by atoms with Gasteiger partial charge in [0.15, 0.2) is 6.61 Å². The molecule has 0 aliphatic heterocycles. The highest BCUT2D eigenvalue weighted by Gasteiger charge is 2.18. The van der Waals surface area contributed by atoms with Gasteiger partial charge < -0.3 is 10.1 Å². The molecule has 0 aliphatic rings. The fourth-order valence-electron chi connectivity index (χ4n) is 2.50. The topological polar surface area (TPSA) is 92.8 Å². The largest absolute Gasteiger partial charge is 0.456 e. The molecule has 8 heteroatoms. The highest BCUT2D eigenvalue weighted by Crippen LogP contribution is 2.19. The first-order valence-corrected chi connectivity index (χ1v) is 10.2. The summed E-state index contributed by atoms with van der Waals surface area (Å²) in [6.07, 6.45) is 0.161. The van der Waals surface area contributed by atoms with Crippen molar-refractivity contribution < 1.29 is 22.7 Å². The first-order valence-electron chi connectivity index (χ1n) is 8.73. The number of carbonyl (C=O) groups is 2. The Morgan fingerprint density at radius 2 is 1.75 bits per heavy atom. The zero-order valence-electron chi connectivity index (χ0n) is 16.1. The summed E-state index contributed by atoms with van der Waals surface area (Å²) in [7, 11) is -0.750. The number of hydrogen-bond donors (Lipinski definition) is 1. The van der Waals surface area contributed by atoms with E-state index in [1.54, 1.807) is 6.07 Å². The zero-order chi connectivity index (χ0) is 20.7. The molecule has 0 spiro atoms. The van der Waals surface area contributed by atoms with Gasteiger partial charge in [0.1, 0.15) is 0 Å². The quantitative estimate of drug-likeness (QED) is 0.683. The Morgan fingerprint density at radius 1 is 1.07 bits per heavy atom. The number of amides is 1. The van der Waals surface area contributed by atoms with Gasteiger partial charge in [0.05, 0.1) is 11.3 Å². The Kier molecular flexibility index (Phi) is 7.31. The fraction of sp³-hybridized carbons (Fsp3) is 0.300. The van der Waals surface area contributed by atoms with Gasteiger partial charge in [-0.3, -0.25) is 9.59 Å². The predicted octanol–water partition coefficient (Wildman–Crippen LogP) is 2.61. The lowest BCUT2D eigenvalue weighted by molar-refractivity contribution is -0.147.